The van der Waals surface area contributed by atoms with Gasteiger partial charge in [-0.15, -0.1) is 0 Å². The van der Waals surface area contributed by atoms with Gasteiger partial charge in [0.1, 0.15) is 11.3 Å². The number of carbonyl (C=O) groups excluding carboxylic acids is 2. The molecule has 22 heavy (non-hydrogen) atoms. The van der Waals surface area contributed by atoms with Crippen molar-refractivity contribution in [1.82, 2.24) is 0 Å². The molecule has 0 aliphatic rings. The number of esters is 1. The van der Waals surface area contributed by atoms with E-state index in [0.29, 0.717) is 5.69 Å². The van der Waals surface area contributed by atoms with Gasteiger partial charge in [-0.2, -0.15) is 0 Å². The zero-order valence-electron chi connectivity index (χ0n) is 12.4. The average molecular weight is 299 g/mol. The molecule has 0 fully saturated rings. The summed E-state index contributed by atoms with van der Waals surface area (Å²) in [7, 11) is 0. The highest BCUT2D eigenvalue weighted by atomic mass is 16.5. The molecule has 0 spiro atoms. The molecular formula is C17H17NO4. The third-order valence-corrected chi connectivity index (χ3v) is 3.04. The second-order valence-electron chi connectivity index (χ2n) is 5.01. The number of hydrogen-bond acceptors (Lipinski definition) is 4. The summed E-state index contributed by atoms with van der Waals surface area (Å²) in [5, 5.41) is 12.3. The van der Waals surface area contributed by atoms with E-state index in [2.05, 4.69) is 5.32 Å². The second-order valence-corrected chi connectivity index (χ2v) is 5.01. The lowest BCUT2D eigenvalue weighted by molar-refractivity contribution is -0.119. The summed E-state index contributed by atoms with van der Waals surface area (Å²) in [6, 6.07) is 11.9. The predicted octanol–water partition coefficient (Wildman–Crippen LogP) is 2.80. The van der Waals surface area contributed by atoms with E-state index in [9.17, 15) is 14.7 Å². The van der Waals surface area contributed by atoms with Gasteiger partial charge in [0.05, 0.1) is 0 Å². The third-order valence-electron chi connectivity index (χ3n) is 3.04. The fourth-order valence-electron chi connectivity index (χ4n) is 1.86. The monoisotopic (exact) mass is 299 g/mol. The number of amides is 1. The number of aryl methyl sites for hydroxylation is 2. The van der Waals surface area contributed by atoms with Crippen molar-refractivity contribution < 1.29 is 19.4 Å². The Labute approximate surface area is 128 Å². The van der Waals surface area contributed by atoms with E-state index >= 15 is 0 Å². The summed E-state index contributed by atoms with van der Waals surface area (Å²) in [6.45, 7) is 3.32. The summed E-state index contributed by atoms with van der Waals surface area (Å²) < 4.78 is 4.91. The number of phenols is 1. The van der Waals surface area contributed by atoms with Crippen molar-refractivity contribution in [2.75, 3.05) is 11.9 Å². The Morgan fingerprint density at radius 1 is 1.05 bits per heavy atom. The lowest BCUT2D eigenvalue weighted by Gasteiger charge is -2.08. The Bertz CT molecular complexity index is 692. The zero-order chi connectivity index (χ0) is 16.1. The average Bonchev–Trinajstić information content (AvgIpc) is 2.49. The van der Waals surface area contributed by atoms with Gasteiger partial charge in [-0.1, -0.05) is 29.3 Å². The molecule has 5 heteroatoms. The van der Waals surface area contributed by atoms with E-state index in [0.717, 1.165) is 11.1 Å². The topological polar surface area (TPSA) is 75.6 Å². The van der Waals surface area contributed by atoms with Crippen LogP contribution in [0, 0.1) is 13.8 Å². The molecule has 0 aliphatic heterocycles. The van der Waals surface area contributed by atoms with Crippen molar-refractivity contribution in [3.8, 4) is 5.75 Å². The number of rotatable bonds is 4. The lowest BCUT2D eigenvalue weighted by Crippen LogP contribution is -2.21. The van der Waals surface area contributed by atoms with E-state index in [-0.39, 0.29) is 11.3 Å². The number of hydrogen-bond donors (Lipinski definition) is 2. The van der Waals surface area contributed by atoms with Gasteiger partial charge in [0.2, 0.25) is 0 Å². The zero-order valence-corrected chi connectivity index (χ0v) is 12.4. The van der Waals surface area contributed by atoms with Gasteiger partial charge in [-0.25, -0.2) is 4.79 Å². The number of nitrogens with one attached hydrogen (secondary N) is 1. The van der Waals surface area contributed by atoms with Crippen molar-refractivity contribution in [1.29, 1.82) is 0 Å². The molecule has 2 rings (SSSR count). The van der Waals surface area contributed by atoms with Crippen LogP contribution in [-0.4, -0.2) is 23.6 Å². The second kappa shape index (κ2) is 6.76. The van der Waals surface area contributed by atoms with Crippen LogP contribution < -0.4 is 5.32 Å². The van der Waals surface area contributed by atoms with Gasteiger partial charge in [0, 0.05) is 5.69 Å². The quantitative estimate of drug-likeness (QED) is 0.851. The van der Waals surface area contributed by atoms with Crippen LogP contribution in [0.5, 0.6) is 5.75 Å². The van der Waals surface area contributed by atoms with Crippen molar-refractivity contribution in [3.63, 3.8) is 0 Å². The molecular weight excluding hydrogens is 282 g/mol. The molecule has 1 amide bonds. The predicted molar refractivity (Wildman–Crippen MR) is 82.9 cm³/mol. The first-order valence-electron chi connectivity index (χ1n) is 6.79. The maximum atomic E-state index is 11.9. The number of aromatic hydroxyl groups is 1. The van der Waals surface area contributed by atoms with Crippen molar-refractivity contribution in [3.05, 3.63) is 59.2 Å². The Morgan fingerprint density at radius 3 is 2.36 bits per heavy atom. The molecule has 0 saturated carbocycles. The van der Waals surface area contributed by atoms with Crippen LogP contribution in [-0.2, 0) is 9.53 Å². The molecule has 0 aliphatic carbocycles. The Balaban J connectivity index is 1.91. The lowest BCUT2D eigenvalue weighted by atomic mass is 10.1. The number of anilines is 1. The minimum Gasteiger partial charge on any atom is -0.507 e. The first-order chi connectivity index (χ1) is 10.5. The van der Waals surface area contributed by atoms with E-state index in [1.807, 2.05) is 19.1 Å². The normalized spacial score (nSPS) is 10.1. The molecule has 0 aromatic heterocycles. The van der Waals surface area contributed by atoms with Crippen LogP contribution >= 0.6 is 0 Å². The molecule has 5 nitrogen and oxygen atoms in total. The van der Waals surface area contributed by atoms with Crippen LogP contribution in [0.1, 0.15) is 21.5 Å². The summed E-state index contributed by atoms with van der Waals surface area (Å²) >= 11 is 0. The molecule has 2 N–H and O–H groups in total. The molecule has 0 radical (unpaired) electrons. The third kappa shape index (κ3) is 4.09. The van der Waals surface area contributed by atoms with Gasteiger partial charge in [0.15, 0.2) is 6.61 Å². The number of benzene rings is 2. The highest BCUT2D eigenvalue weighted by Crippen LogP contribution is 2.19. The maximum Gasteiger partial charge on any atom is 0.342 e. The fourth-order valence-corrected chi connectivity index (χ4v) is 1.86. The molecule has 114 valence electrons. The van der Waals surface area contributed by atoms with E-state index < -0.39 is 18.5 Å². The molecule has 0 heterocycles. The van der Waals surface area contributed by atoms with Gasteiger partial charge >= 0.3 is 5.97 Å². The van der Waals surface area contributed by atoms with Crippen molar-refractivity contribution >= 4 is 17.6 Å². The first kappa shape index (κ1) is 15.6. The number of ether oxygens (including phenoxy) is 1. The van der Waals surface area contributed by atoms with Gasteiger partial charge in [-0.05, 0) is 38.1 Å². The molecule has 0 bridgehead atoms. The van der Waals surface area contributed by atoms with E-state index in [1.165, 1.54) is 12.1 Å². The Morgan fingerprint density at radius 2 is 1.68 bits per heavy atom. The highest BCUT2D eigenvalue weighted by Gasteiger charge is 2.14. The highest BCUT2D eigenvalue weighted by molar-refractivity contribution is 5.96. The minimum atomic E-state index is -0.736. The summed E-state index contributed by atoms with van der Waals surface area (Å²) in [6.07, 6.45) is 0. The maximum absolute atomic E-state index is 11.9. The van der Waals surface area contributed by atoms with E-state index in [1.54, 1.807) is 25.1 Å². The molecule has 0 saturated heterocycles. The van der Waals surface area contributed by atoms with Crippen molar-refractivity contribution in [2.45, 2.75) is 13.8 Å². The van der Waals surface area contributed by atoms with Gasteiger partial charge in [0.25, 0.3) is 5.91 Å². The molecule has 2 aromatic carbocycles. The molecule has 0 atom stereocenters. The summed E-state index contributed by atoms with van der Waals surface area (Å²) in [5.74, 6) is -1.35. The number of carbonyl (C=O) groups is 2. The Hall–Kier alpha value is -2.82. The van der Waals surface area contributed by atoms with Crippen LogP contribution in [0.25, 0.3) is 0 Å². The van der Waals surface area contributed by atoms with E-state index in [4.69, 9.17) is 4.74 Å². The summed E-state index contributed by atoms with van der Waals surface area (Å²) in [4.78, 5) is 23.6. The standard InChI is InChI=1S/C17H17NO4/c1-11-3-6-13(7-4-11)18-16(20)10-22-17(21)14-9-12(2)5-8-15(14)19/h3-9,19H,10H2,1-2H3,(H,18,20). The van der Waals surface area contributed by atoms with Gasteiger partial charge in [-0.3, -0.25) is 4.79 Å². The van der Waals surface area contributed by atoms with Crippen LogP contribution in [0.15, 0.2) is 42.5 Å². The summed E-state index contributed by atoms with van der Waals surface area (Å²) in [5.41, 5.74) is 2.57. The smallest absolute Gasteiger partial charge is 0.342 e. The van der Waals surface area contributed by atoms with Crippen LogP contribution in [0.3, 0.4) is 0 Å². The first-order valence-corrected chi connectivity index (χ1v) is 6.79. The van der Waals surface area contributed by atoms with Gasteiger partial charge < -0.3 is 15.2 Å². The number of phenolic OH excluding ortho intramolecular Hbond substituents is 1. The van der Waals surface area contributed by atoms with Crippen LogP contribution in [0.4, 0.5) is 5.69 Å². The minimum absolute atomic E-state index is 0.0446. The van der Waals surface area contributed by atoms with Crippen LogP contribution in [0.2, 0.25) is 0 Å². The molecule has 2 aromatic rings. The SMILES string of the molecule is Cc1ccc(NC(=O)COC(=O)c2cc(C)ccc2O)cc1. The largest absolute Gasteiger partial charge is 0.507 e. The van der Waals surface area contributed by atoms with Crippen molar-refractivity contribution in [2.24, 2.45) is 0 Å². The fraction of sp³-hybridized carbons (Fsp3) is 0.176. The molecule has 0 unspecified atom stereocenters. The Kier molecular flexibility index (Phi) is 4.78.